The summed E-state index contributed by atoms with van der Waals surface area (Å²) in [5.74, 6) is -1.11. The topological polar surface area (TPSA) is 83.6 Å². The fourth-order valence-corrected chi connectivity index (χ4v) is 3.08. The fraction of sp³-hybridized carbons (Fsp3) is 0.889. The van der Waals surface area contributed by atoms with E-state index in [4.69, 9.17) is 5.73 Å². The second kappa shape index (κ2) is 15.6. The van der Waals surface area contributed by atoms with Gasteiger partial charge in [-0.05, 0) is 32.2 Å². The molecule has 0 unspecified atom stereocenters. The molecule has 0 aromatic carbocycles. The quantitative estimate of drug-likeness (QED) is 0.328. The average Bonchev–Trinajstić information content (AvgIpc) is 2.56. The minimum atomic E-state index is -0.970. The van der Waals surface area contributed by atoms with Gasteiger partial charge in [0, 0.05) is 6.42 Å². The highest BCUT2D eigenvalue weighted by atomic mass is 28.2. The zero-order valence-electron chi connectivity index (χ0n) is 15.3. The number of unbranched alkanes of at least 4 members (excludes halogenated alkanes) is 9. The minimum Gasteiger partial charge on any atom is -0.480 e. The summed E-state index contributed by atoms with van der Waals surface area (Å²) >= 11 is 0. The van der Waals surface area contributed by atoms with Gasteiger partial charge >= 0.3 is 5.97 Å². The first-order valence-corrected chi connectivity index (χ1v) is 9.95. The molecule has 6 heteroatoms. The Morgan fingerprint density at radius 3 is 2.00 bits per heavy atom. The Balaban J connectivity index is 3.84. The van der Waals surface area contributed by atoms with Gasteiger partial charge in [0.15, 0.2) is 10.4 Å². The standard InChI is InChI=1S/C18H35N2O3Si/c1-2-3-4-5-6-7-8-9-10-14-17(21)20(24)16(18(22)23)13-11-12-15-19/h16H,2-15,19H2,1H3,(H,22,23)/t16-/m0/s1. The molecule has 0 aromatic heterocycles. The van der Waals surface area contributed by atoms with Crippen molar-refractivity contribution in [1.29, 1.82) is 0 Å². The number of carboxylic acid groups (broad SMARTS) is 1. The van der Waals surface area contributed by atoms with Crippen LogP contribution in [0.25, 0.3) is 0 Å². The third kappa shape index (κ3) is 11.6. The molecule has 3 N–H and O–H groups in total. The van der Waals surface area contributed by atoms with E-state index in [0.717, 1.165) is 25.7 Å². The van der Waals surface area contributed by atoms with Crippen molar-refractivity contribution in [3.8, 4) is 0 Å². The molecule has 0 aliphatic heterocycles. The van der Waals surface area contributed by atoms with Crippen molar-refractivity contribution >= 4 is 22.3 Å². The Morgan fingerprint density at radius 1 is 0.958 bits per heavy atom. The van der Waals surface area contributed by atoms with Crippen molar-refractivity contribution in [2.45, 2.75) is 96.4 Å². The van der Waals surface area contributed by atoms with Gasteiger partial charge in [-0.3, -0.25) is 9.59 Å². The molecule has 0 heterocycles. The van der Waals surface area contributed by atoms with Gasteiger partial charge in [0.2, 0.25) is 5.91 Å². The van der Waals surface area contributed by atoms with Crippen LogP contribution < -0.4 is 5.73 Å². The van der Waals surface area contributed by atoms with E-state index in [-0.39, 0.29) is 5.91 Å². The Hall–Kier alpha value is -0.883. The number of nitrogens with two attached hydrogens (primary N) is 1. The van der Waals surface area contributed by atoms with E-state index in [1.54, 1.807) is 0 Å². The van der Waals surface area contributed by atoms with Crippen LogP contribution in [0.3, 0.4) is 0 Å². The van der Waals surface area contributed by atoms with Crippen LogP contribution in [0, 0.1) is 0 Å². The van der Waals surface area contributed by atoms with E-state index >= 15 is 0 Å². The largest absolute Gasteiger partial charge is 0.480 e. The molecule has 3 radical (unpaired) electrons. The molecule has 0 aromatic rings. The van der Waals surface area contributed by atoms with Crippen molar-refractivity contribution in [3.05, 3.63) is 0 Å². The first-order valence-electron chi connectivity index (χ1n) is 9.50. The molecule has 24 heavy (non-hydrogen) atoms. The van der Waals surface area contributed by atoms with Gasteiger partial charge < -0.3 is 15.4 Å². The SMILES string of the molecule is CCCCCCCCCCCC(=O)N([Si])[C@@H](CCCCN)C(=O)O. The second-order valence-electron chi connectivity index (χ2n) is 6.48. The van der Waals surface area contributed by atoms with E-state index in [9.17, 15) is 14.7 Å². The molecule has 1 amide bonds. The zero-order chi connectivity index (χ0) is 18.2. The summed E-state index contributed by atoms with van der Waals surface area (Å²) in [5, 5.41) is 9.27. The first kappa shape index (κ1) is 23.1. The van der Waals surface area contributed by atoms with Crippen LogP contribution in [0.2, 0.25) is 0 Å². The lowest BCUT2D eigenvalue weighted by molar-refractivity contribution is -0.146. The van der Waals surface area contributed by atoms with Crippen LogP contribution in [-0.4, -0.2) is 44.5 Å². The maximum Gasteiger partial charge on any atom is 0.325 e. The monoisotopic (exact) mass is 355 g/mol. The molecule has 0 rings (SSSR count). The summed E-state index contributed by atoms with van der Waals surface area (Å²) in [5.41, 5.74) is 5.43. The van der Waals surface area contributed by atoms with Crippen molar-refractivity contribution < 1.29 is 14.7 Å². The van der Waals surface area contributed by atoms with Crippen LogP contribution in [0.4, 0.5) is 0 Å². The number of aliphatic carboxylic acids is 1. The van der Waals surface area contributed by atoms with Gasteiger partial charge in [-0.15, -0.1) is 0 Å². The average molecular weight is 356 g/mol. The van der Waals surface area contributed by atoms with E-state index < -0.39 is 12.0 Å². The summed E-state index contributed by atoms with van der Waals surface area (Å²) in [6.07, 6.45) is 13.1. The third-order valence-corrected chi connectivity index (χ3v) is 4.85. The lowest BCUT2D eigenvalue weighted by Crippen LogP contribution is -2.43. The number of hydrogen-bond donors (Lipinski definition) is 2. The molecule has 0 saturated heterocycles. The molecule has 5 nitrogen and oxygen atoms in total. The van der Waals surface area contributed by atoms with Crippen LogP contribution >= 0.6 is 0 Å². The van der Waals surface area contributed by atoms with Crippen LogP contribution in [0.1, 0.15) is 90.4 Å². The Kier molecular flexibility index (Phi) is 15.1. The van der Waals surface area contributed by atoms with Crippen molar-refractivity contribution in [3.63, 3.8) is 0 Å². The molecule has 1 atom stereocenters. The Labute approximate surface area is 150 Å². The molecule has 0 fully saturated rings. The lowest BCUT2D eigenvalue weighted by Gasteiger charge is -2.25. The minimum absolute atomic E-state index is 0.144. The number of rotatable bonds is 16. The number of carbonyl (C=O) groups is 2. The van der Waals surface area contributed by atoms with Crippen molar-refractivity contribution in [2.75, 3.05) is 6.54 Å². The molecule has 0 spiro atoms. The van der Waals surface area contributed by atoms with Crippen LogP contribution in [-0.2, 0) is 9.59 Å². The molecule has 0 aliphatic rings. The summed E-state index contributed by atoms with van der Waals surface area (Å²) in [7, 11) is 3.21. The van der Waals surface area contributed by atoms with Gasteiger partial charge in [-0.25, -0.2) is 0 Å². The highest BCUT2D eigenvalue weighted by molar-refractivity contribution is 6.16. The lowest BCUT2D eigenvalue weighted by atomic mass is 10.1. The van der Waals surface area contributed by atoms with Gasteiger partial charge in [0.1, 0.15) is 6.04 Å². The van der Waals surface area contributed by atoms with E-state index in [2.05, 4.69) is 17.3 Å². The predicted molar refractivity (Wildman–Crippen MR) is 98.8 cm³/mol. The van der Waals surface area contributed by atoms with Crippen molar-refractivity contribution in [2.24, 2.45) is 5.73 Å². The number of amides is 1. The summed E-state index contributed by atoms with van der Waals surface area (Å²) in [4.78, 5) is 23.4. The maximum atomic E-state index is 12.1. The van der Waals surface area contributed by atoms with E-state index in [0.29, 0.717) is 25.8 Å². The molecule has 139 valence electrons. The maximum absolute atomic E-state index is 12.1. The summed E-state index contributed by atoms with van der Waals surface area (Å²) < 4.78 is 1.21. The van der Waals surface area contributed by atoms with Crippen molar-refractivity contribution in [1.82, 2.24) is 4.57 Å². The Morgan fingerprint density at radius 2 is 1.50 bits per heavy atom. The predicted octanol–water partition coefficient (Wildman–Crippen LogP) is 3.40. The highest BCUT2D eigenvalue weighted by Crippen LogP contribution is 2.13. The first-order chi connectivity index (χ1) is 11.5. The molecule has 0 saturated carbocycles. The highest BCUT2D eigenvalue weighted by Gasteiger charge is 2.25. The molecule has 0 aliphatic carbocycles. The van der Waals surface area contributed by atoms with Gasteiger partial charge in [0.05, 0.1) is 0 Å². The van der Waals surface area contributed by atoms with Crippen LogP contribution in [0.5, 0.6) is 0 Å². The zero-order valence-corrected chi connectivity index (χ0v) is 16.3. The third-order valence-electron chi connectivity index (χ3n) is 4.29. The van der Waals surface area contributed by atoms with Gasteiger partial charge in [-0.2, -0.15) is 0 Å². The summed E-state index contributed by atoms with van der Waals surface area (Å²) in [6.45, 7) is 2.76. The molecular formula is C18H35N2O3Si. The van der Waals surface area contributed by atoms with Gasteiger partial charge in [-0.1, -0.05) is 58.3 Å². The molecular weight excluding hydrogens is 320 g/mol. The van der Waals surface area contributed by atoms with Gasteiger partial charge in [0.25, 0.3) is 0 Å². The summed E-state index contributed by atoms with van der Waals surface area (Å²) in [6, 6.07) is -0.806. The number of nitrogens with zero attached hydrogens (tertiary/aromatic N) is 1. The smallest absolute Gasteiger partial charge is 0.325 e. The number of hydrogen-bond acceptors (Lipinski definition) is 3. The van der Waals surface area contributed by atoms with Crippen LogP contribution in [0.15, 0.2) is 0 Å². The second-order valence-corrected chi connectivity index (χ2v) is 6.96. The number of carboxylic acids is 1. The fourth-order valence-electron chi connectivity index (χ4n) is 2.73. The number of carbonyl (C=O) groups excluding carboxylic acids is 1. The Bertz CT molecular complexity index is 340. The van der Waals surface area contributed by atoms with E-state index in [1.807, 2.05) is 0 Å². The molecule has 0 bridgehead atoms. The normalized spacial score (nSPS) is 12.1. The van der Waals surface area contributed by atoms with E-state index in [1.165, 1.54) is 43.1 Å².